The van der Waals surface area contributed by atoms with Gasteiger partial charge in [-0.3, -0.25) is 0 Å². The van der Waals surface area contributed by atoms with E-state index in [1.165, 1.54) is 33.3 Å². The van der Waals surface area contributed by atoms with Crippen LogP contribution in [0.25, 0.3) is 5.57 Å². The molecule has 0 unspecified atom stereocenters. The molecule has 40 heavy (non-hydrogen) atoms. The fourth-order valence-corrected chi connectivity index (χ4v) is 8.12. The minimum absolute atomic E-state index is 0.303. The first-order valence-electron chi connectivity index (χ1n) is 15.3. The number of benzene rings is 3. The lowest BCUT2D eigenvalue weighted by atomic mass is 9.81. The molecule has 3 aromatic rings. The van der Waals surface area contributed by atoms with Crippen LogP contribution in [0.2, 0.25) is 0 Å². The highest BCUT2D eigenvalue weighted by Crippen LogP contribution is 2.49. The van der Waals surface area contributed by atoms with Crippen LogP contribution in [0.1, 0.15) is 94.8 Å². The Kier molecular flexibility index (Phi) is 5.42. The molecule has 0 spiro atoms. The number of carbonyl (C=O) groups is 1. The van der Waals surface area contributed by atoms with Gasteiger partial charge in [-0.25, -0.2) is 9.37 Å². The van der Waals surface area contributed by atoms with Crippen molar-refractivity contribution in [2.45, 2.75) is 71.1 Å². The van der Waals surface area contributed by atoms with Crippen LogP contribution < -0.4 is 24.8 Å². The van der Waals surface area contributed by atoms with Gasteiger partial charge in [0.05, 0.1) is 11.1 Å². The van der Waals surface area contributed by atoms with E-state index in [2.05, 4.69) is 41.5 Å². The largest absolute Gasteiger partial charge is 0.478 e. The average Bonchev–Trinajstić information content (AvgIpc) is 2.96. The van der Waals surface area contributed by atoms with E-state index in [0.717, 1.165) is 117 Å². The molecule has 204 valence electrons. The van der Waals surface area contributed by atoms with Crippen LogP contribution in [0.5, 0.6) is 11.5 Å². The van der Waals surface area contributed by atoms with Gasteiger partial charge in [-0.2, -0.15) is 0 Å². The van der Waals surface area contributed by atoms with E-state index in [9.17, 15) is 9.90 Å². The van der Waals surface area contributed by atoms with Crippen molar-refractivity contribution in [3.63, 3.8) is 0 Å². The lowest BCUT2D eigenvalue weighted by molar-refractivity contribution is 0.0696. The van der Waals surface area contributed by atoms with Gasteiger partial charge in [0, 0.05) is 59.1 Å². The summed E-state index contributed by atoms with van der Waals surface area (Å²) in [5, 5.41) is 12.9. The van der Waals surface area contributed by atoms with E-state index in [4.69, 9.17) is 4.74 Å². The summed E-state index contributed by atoms with van der Waals surface area (Å²) in [5.41, 5.74) is 11.4. The maximum Gasteiger partial charge on any atom is 0.336 e. The molecule has 5 aliphatic heterocycles. The lowest BCUT2D eigenvalue weighted by Gasteiger charge is -2.39. The summed E-state index contributed by atoms with van der Waals surface area (Å²) < 4.78 is 9.69. The number of hydrogen-bond acceptors (Lipinski definition) is 3. The quantitative estimate of drug-likeness (QED) is 0.379. The predicted molar refractivity (Wildman–Crippen MR) is 158 cm³/mol. The number of anilines is 1. The summed E-state index contributed by atoms with van der Waals surface area (Å²) in [7, 11) is 0. The molecule has 0 saturated carbocycles. The number of carboxylic acids is 1. The van der Waals surface area contributed by atoms with Gasteiger partial charge in [-0.1, -0.05) is 19.9 Å². The van der Waals surface area contributed by atoms with Gasteiger partial charge in [0.15, 0.2) is 0 Å². The fourth-order valence-electron chi connectivity index (χ4n) is 8.12. The summed E-state index contributed by atoms with van der Waals surface area (Å²) in [6, 6.07) is 10.7. The SMILES string of the molecule is CC(C)c1ccc(C(=O)O)c(C2=c3cc4c5c(c3Oc3c2cc2c6c3CCCN6CCC2)CCC[N+]=5CCC4)c1. The van der Waals surface area contributed by atoms with Crippen molar-refractivity contribution in [1.82, 2.24) is 4.58 Å². The van der Waals surface area contributed by atoms with Crippen molar-refractivity contribution in [2.75, 3.05) is 31.1 Å². The number of carboxylic acid groups (broad SMARTS) is 1. The number of nitrogens with zero attached hydrogens (tertiary/aromatic N) is 2. The van der Waals surface area contributed by atoms with Crippen molar-refractivity contribution < 1.29 is 14.6 Å². The molecule has 8 rings (SSSR count). The molecule has 0 amide bonds. The smallest absolute Gasteiger partial charge is 0.336 e. The summed E-state index contributed by atoms with van der Waals surface area (Å²) >= 11 is 0. The van der Waals surface area contributed by atoms with Crippen molar-refractivity contribution in [1.29, 1.82) is 0 Å². The Hall–Kier alpha value is -3.60. The highest BCUT2D eigenvalue weighted by atomic mass is 16.5. The summed E-state index contributed by atoms with van der Waals surface area (Å²) in [6.07, 6.45) is 8.72. The maximum absolute atomic E-state index is 12.7. The fraction of sp³-hybridized carbons (Fsp3) is 0.429. The van der Waals surface area contributed by atoms with Gasteiger partial charge in [0.2, 0.25) is 5.36 Å². The second kappa shape index (κ2) is 8.95. The summed E-state index contributed by atoms with van der Waals surface area (Å²) in [6.45, 7) is 8.80. The molecular formula is C35H37N2O3+. The number of rotatable bonds is 3. The molecule has 5 heteroatoms. The molecule has 0 saturated heterocycles. The molecule has 0 aromatic heterocycles. The third-order valence-electron chi connectivity index (χ3n) is 9.90. The second-order valence-corrected chi connectivity index (χ2v) is 12.6. The number of aryl methyl sites for hydroxylation is 2. The van der Waals surface area contributed by atoms with E-state index in [-0.39, 0.29) is 0 Å². The van der Waals surface area contributed by atoms with E-state index < -0.39 is 5.97 Å². The molecule has 0 bridgehead atoms. The van der Waals surface area contributed by atoms with Crippen LogP contribution in [0.4, 0.5) is 5.69 Å². The Morgan fingerprint density at radius 3 is 2.42 bits per heavy atom. The zero-order valence-electron chi connectivity index (χ0n) is 23.6. The second-order valence-electron chi connectivity index (χ2n) is 12.6. The van der Waals surface area contributed by atoms with Crippen molar-refractivity contribution >= 4 is 17.2 Å². The molecule has 5 aliphatic rings. The number of aromatic carboxylic acids is 1. The molecule has 0 fully saturated rings. The number of hydrogen-bond donors (Lipinski definition) is 1. The topological polar surface area (TPSA) is 52.8 Å². The summed E-state index contributed by atoms with van der Waals surface area (Å²) in [4.78, 5) is 15.3. The van der Waals surface area contributed by atoms with Crippen molar-refractivity contribution in [3.8, 4) is 11.5 Å². The maximum atomic E-state index is 12.7. The zero-order chi connectivity index (χ0) is 27.1. The Bertz CT molecular complexity index is 1740. The van der Waals surface area contributed by atoms with E-state index >= 15 is 0 Å². The summed E-state index contributed by atoms with van der Waals surface area (Å²) in [5.74, 6) is 1.38. The highest BCUT2D eigenvalue weighted by molar-refractivity contribution is 5.99. The van der Waals surface area contributed by atoms with Gasteiger partial charge >= 0.3 is 5.97 Å². The predicted octanol–water partition coefficient (Wildman–Crippen LogP) is 4.94. The van der Waals surface area contributed by atoms with E-state index in [0.29, 0.717) is 11.5 Å². The Morgan fingerprint density at radius 1 is 0.875 bits per heavy atom. The van der Waals surface area contributed by atoms with Gasteiger partial charge in [-0.15, -0.1) is 0 Å². The van der Waals surface area contributed by atoms with Crippen LogP contribution in [-0.2, 0) is 25.7 Å². The Balaban J connectivity index is 1.55. The van der Waals surface area contributed by atoms with E-state index in [1.54, 1.807) is 0 Å². The minimum atomic E-state index is -0.872. The van der Waals surface area contributed by atoms with Gasteiger partial charge in [-0.05, 0) is 85.4 Å². The zero-order valence-corrected chi connectivity index (χ0v) is 23.6. The Morgan fingerprint density at radius 2 is 1.62 bits per heavy atom. The molecule has 0 radical (unpaired) electrons. The standard InChI is InChI=1S/C35H36N2O3/c1-20(2)21-11-12-24(35(38)39)27(17-21)30-28-18-22-7-3-13-36-15-5-9-25(31(22)36)33(28)40-34-26-10-6-16-37-14-4-8-23(32(26)37)19-29(30)34/h11-12,17-20H,3-10,13-16H2,1-2H3/p+1. The van der Waals surface area contributed by atoms with Crippen LogP contribution in [0.15, 0.2) is 30.3 Å². The third-order valence-corrected chi connectivity index (χ3v) is 9.90. The molecular weight excluding hydrogens is 496 g/mol. The van der Waals surface area contributed by atoms with Crippen molar-refractivity contribution in [2.24, 2.45) is 0 Å². The molecule has 5 nitrogen and oxygen atoms in total. The van der Waals surface area contributed by atoms with Gasteiger partial charge < -0.3 is 14.7 Å². The van der Waals surface area contributed by atoms with Gasteiger partial charge in [0.1, 0.15) is 24.6 Å². The minimum Gasteiger partial charge on any atom is -0.478 e. The molecule has 0 atom stereocenters. The van der Waals surface area contributed by atoms with Crippen LogP contribution >= 0.6 is 0 Å². The Labute approximate surface area is 235 Å². The first-order valence-corrected chi connectivity index (χ1v) is 15.3. The number of ether oxygens (including phenoxy) is 1. The molecule has 5 heterocycles. The monoisotopic (exact) mass is 533 g/mol. The average molecular weight is 534 g/mol. The lowest BCUT2D eigenvalue weighted by Crippen LogP contribution is -2.45. The van der Waals surface area contributed by atoms with Gasteiger partial charge in [0.25, 0.3) is 0 Å². The first kappa shape index (κ1) is 24.2. The first-order chi connectivity index (χ1) is 19.5. The van der Waals surface area contributed by atoms with Crippen LogP contribution in [-0.4, -0.2) is 37.3 Å². The van der Waals surface area contributed by atoms with E-state index in [1.807, 2.05) is 12.1 Å². The number of fused-ring (bicyclic) bond motifs is 4. The molecule has 3 aromatic carbocycles. The third kappa shape index (κ3) is 3.45. The van der Waals surface area contributed by atoms with Crippen LogP contribution in [0, 0.1) is 0 Å². The molecule has 0 aliphatic carbocycles. The highest BCUT2D eigenvalue weighted by Gasteiger charge is 2.36. The van der Waals surface area contributed by atoms with Crippen molar-refractivity contribution in [3.05, 3.63) is 85.4 Å². The molecule has 1 N–H and O–H groups in total. The van der Waals surface area contributed by atoms with Crippen LogP contribution in [0.3, 0.4) is 0 Å². The normalized spacial score (nSPS) is 18.5.